The third kappa shape index (κ3) is 4.74. The number of carbonyl (C=O) groups excluding carboxylic acids is 2. The molecule has 0 radical (unpaired) electrons. The van der Waals surface area contributed by atoms with E-state index in [1.807, 2.05) is 0 Å². The summed E-state index contributed by atoms with van der Waals surface area (Å²) in [7, 11) is -2.28. The van der Waals surface area contributed by atoms with Crippen molar-refractivity contribution in [2.24, 2.45) is 5.92 Å². The van der Waals surface area contributed by atoms with Gasteiger partial charge in [0, 0.05) is 26.1 Å². The van der Waals surface area contributed by atoms with E-state index in [0.717, 1.165) is 0 Å². The lowest BCUT2D eigenvalue weighted by Crippen LogP contribution is -2.31. The van der Waals surface area contributed by atoms with Gasteiger partial charge in [-0.05, 0) is 30.3 Å². The van der Waals surface area contributed by atoms with Crippen molar-refractivity contribution in [1.29, 1.82) is 0 Å². The highest BCUT2D eigenvalue weighted by molar-refractivity contribution is 7.89. The molecule has 8 nitrogen and oxygen atoms in total. The molecule has 1 aliphatic heterocycles. The number of sulfonamides is 1. The summed E-state index contributed by atoms with van der Waals surface area (Å²) in [6.07, 6.45) is 0.0246. The van der Waals surface area contributed by atoms with Crippen molar-refractivity contribution in [3.8, 4) is 5.75 Å². The molecule has 32 heavy (non-hydrogen) atoms. The van der Waals surface area contributed by atoms with Gasteiger partial charge in [0.2, 0.25) is 21.8 Å². The van der Waals surface area contributed by atoms with Crippen LogP contribution in [-0.2, 0) is 19.6 Å². The molecular formula is C22H26ClN3O5S. The normalized spacial score (nSPS) is 16.5. The van der Waals surface area contributed by atoms with Crippen LogP contribution < -0.4 is 15.0 Å². The molecule has 1 aliphatic rings. The molecule has 0 aliphatic carbocycles. The Labute approximate surface area is 193 Å². The van der Waals surface area contributed by atoms with E-state index in [0.29, 0.717) is 29.5 Å². The summed E-state index contributed by atoms with van der Waals surface area (Å²) < 4.78 is 32.4. The van der Waals surface area contributed by atoms with Crippen molar-refractivity contribution in [3.05, 3.63) is 47.5 Å². The molecule has 2 amide bonds. The molecule has 10 heteroatoms. The maximum atomic E-state index is 13.0. The van der Waals surface area contributed by atoms with Gasteiger partial charge in [-0.15, -0.1) is 0 Å². The SMILES string of the molecule is CCN(CC)S(=O)(=O)c1ccc(OC)c(NC(=O)C2CC(=O)N(c3ccccc3Cl)C2)c1. The Bertz CT molecular complexity index is 1120. The lowest BCUT2D eigenvalue weighted by atomic mass is 10.1. The summed E-state index contributed by atoms with van der Waals surface area (Å²) in [5, 5.41) is 3.17. The van der Waals surface area contributed by atoms with Gasteiger partial charge in [0.1, 0.15) is 5.75 Å². The zero-order valence-electron chi connectivity index (χ0n) is 18.2. The van der Waals surface area contributed by atoms with Crippen LogP contribution >= 0.6 is 11.6 Å². The van der Waals surface area contributed by atoms with E-state index in [2.05, 4.69) is 5.32 Å². The monoisotopic (exact) mass is 479 g/mol. The van der Waals surface area contributed by atoms with Gasteiger partial charge in [-0.2, -0.15) is 4.31 Å². The molecule has 1 saturated heterocycles. The second kappa shape index (κ2) is 9.89. The lowest BCUT2D eigenvalue weighted by Gasteiger charge is -2.20. The molecule has 1 unspecified atom stereocenters. The second-order valence-electron chi connectivity index (χ2n) is 7.30. The van der Waals surface area contributed by atoms with E-state index in [1.54, 1.807) is 38.1 Å². The third-order valence-corrected chi connectivity index (χ3v) is 7.78. The van der Waals surface area contributed by atoms with Gasteiger partial charge in [-0.3, -0.25) is 9.59 Å². The number of ether oxygens (including phenoxy) is 1. The predicted octanol–water partition coefficient (Wildman–Crippen LogP) is 3.37. The number of anilines is 2. The molecule has 1 fully saturated rings. The van der Waals surface area contributed by atoms with E-state index in [4.69, 9.17) is 16.3 Å². The number of nitrogens with zero attached hydrogens (tertiary/aromatic N) is 2. The second-order valence-corrected chi connectivity index (χ2v) is 9.64. The van der Waals surface area contributed by atoms with Crippen molar-refractivity contribution in [2.75, 3.05) is 37.0 Å². The number of nitrogens with one attached hydrogen (secondary N) is 1. The number of rotatable bonds is 8. The van der Waals surface area contributed by atoms with Crippen molar-refractivity contribution in [3.63, 3.8) is 0 Å². The molecule has 0 aromatic heterocycles. The van der Waals surface area contributed by atoms with Crippen LogP contribution in [-0.4, -0.2) is 51.3 Å². The Morgan fingerprint density at radius 3 is 2.53 bits per heavy atom. The Hall–Kier alpha value is -2.62. The number of para-hydroxylation sites is 1. The minimum atomic E-state index is -3.71. The third-order valence-electron chi connectivity index (χ3n) is 5.41. The number of methoxy groups -OCH3 is 1. The van der Waals surface area contributed by atoms with Gasteiger partial charge in [0.15, 0.2) is 0 Å². The van der Waals surface area contributed by atoms with Crippen LogP contribution in [0.15, 0.2) is 47.4 Å². The fourth-order valence-electron chi connectivity index (χ4n) is 3.68. The quantitative estimate of drug-likeness (QED) is 0.626. The number of hydrogen-bond acceptors (Lipinski definition) is 5. The van der Waals surface area contributed by atoms with E-state index < -0.39 is 21.8 Å². The van der Waals surface area contributed by atoms with Crippen LogP contribution in [0.4, 0.5) is 11.4 Å². The minimum absolute atomic E-state index is 0.0246. The fourth-order valence-corrected chi connectivity index (χ4v) is 5.40. The van der Waals surface area contributed by atoms with Gasteiger partial charge in [-0.25, -0.2) is 8.42 Å². The first-order valence-corrected chi connectivity index (χ1v) is 12.1. The Kier molecular flexibility index (Phi) is 7.43. The topological polar surface area (TPSA) is 96.0 Å². The molecule has 1 atom stereocenters. The molecule has 0 bridgehead atoms. The molecule has 0 spiro atoms. The van der Waals surface area contributed by atoms with Crippen LogP contribution in [0.3, 0.4) is 0 Å². The molecule has 1 N–H and O–H groups in total. The average Bonchev–Trinajstić information content (AvgIpc) is 3.16. The van der Waals surface area contributed by atoms with Gasteiger partial charge < -0.3 is 15.0 Å². The van der Waals surface area contributed by atoms with E-state index in [1.165, 1.54) is 34.5 Å². The average molecular weight is 480 g/mol. The Morgan fingerprint density at radius 2 is 1.91 bits per heavy atom. The molecule has 172 valence electrons. The van der Waals surface area contributed by atoms with Crippen LogP contribution in [0.1, 0.15) is 20.3 Å². The zero-order chi connectivity index (χ0) is 23.5. The largest absolute Gasteiger partial charge is 0.495 e. The van der Waals surface area contributed by atoms with Gasteiger partial charge in [-0.1, -0.05) is 37.6 Å². The first-order valence-electron chi connectivity index (χ1n) is 10.3. The summed E-state index contributed by atoms with van der Waals surface area (Å²) in [5.74, 6) is -0.901. The van der Waals surface area contributed by atoms with Gasteiger partial charge >= 0.3 is 0 Å². The van der Waals surface area contributed by atoms with Gasteiger partial charge in [0.25, 0.3) is 0 Å². The molecule has 1 heterocycles. The highest BCUT2D eigenvalue weighted by atomic mass is 35.5. The minimum Gasteiger partial charge on any atom is -0.495 e. The number of carbonyl (C=O) groups is 2. The summed E-state index contributed by atoms with van der Waals surface area (Å²) in [5.41, 5.74) is 0.786. The number of amides is 2. The highest BCUT2D eigenvalue weighted by Gasteiger charge is 2.36. The summed E-state index contributed by atoms with van der Waals surface area (Å²) in [6.45, 7) is 4.35. The molecule has 2 aromatic rings. The maximum Gasteiger partial charge on any atom is 0.243 e. The molecule has 2 aromatic carbocycles. The van der Waals surface area contributed by atoms with E-state index in [-0.39, 0.29) is 29.5 Å². The summed E-state index contributed by atoms with van der Waals surface area (Å²) in [6, 6.07) is 11.3. The number of halogens is 1. The Balaban J connectivity index is 1.83. The number of hydrogen-bond donors (Lipinski definition) is 1. The smallest absolute Gasteiger partial charge is 0.243 e. The molecule has 0 saturated carbocycles. The zero-order valence-corrected chi connectivity index (χ0v) is 19.7. The summed E-state index contributed by atoms with van der Waals surface area (Å²) >= 11 is 6.20. The van der Waals surface area contributed by atoms with Crippen LogP contribution in [0.5, 0.6) is 5.75 Å². The van der Waals surface area contributed by atoms with E-state index in [9.17, 15) is 18.0 Å². The fraction of sp³-hybridized carbons (Fsp3) is 0.364. The van der Waals surface area contributed by atoms with Crippen molar-refractivity contribution in [1.82, 2.24) is 4.31 Å². The Morgan fingerprint density at radius 1 is 1.22 bits per heavy atom. The highest BCUT2D eigenvalue weighted by Crippen LogP contribution is 2.33. The first-order chi connectivity index (χ1) is 15.2. The predicted molar refractivity (Wildman–Crippen MR) is 124 cm³/mol. The van der Waals surface area contributed by atoms with Crippen LogP contribution in [0.2, 0.25) is 5.02 Å². The first kappa shape index (κ1) is 24.0. The van der Waals surface area contributed by atoms with E-state index >= 15 is 0 Å². The summed E-state index contributed by atoms with van der Waals surface area (Å²) in [4.78, 5) is 27.0. The van der Waals surface area contributed by atoms with Crippen molar-refractivity contribution in [2.45, 2.75) is 25.2 Å². The van der Waals surface area contributed by atoms with Gasteiger partial charge in [0.05, 0.1) is 34.3 Å². The van der Waals surface area contributed by atoms with Crippen molar-refractivity contribution >= 4 is 44.8 Å². The molecular weight excluding hydrogens is 454 g/mol. The number of benzene rings is 2. The molecule has 3 rings (SSSR count). The van der Waals surface area contributed by atoms with Crippen molar-refractivity contribution < 1.29 is 22.7 Å². The lowest BCUT2D eigenvalue weighted by molar-refractivity contribution is -0.122. The van der Waals surface area contributed by atoms with Crippen LogP contribution in [0, 0.1) is 5.92 Å². The maximum absolute atomic E-state index is 13.0. The van der Waals surface area contributed by atoms with Crippen LogP contribution in [0.25, 0.3) is 0 Å². The standard InChI is InChI=1S/C22H26ClN3O5S/c1-4-25(5-2)32(29,30)16-10-11-20(31-3)18(13-16)24-22(28)15-12-21(27)26(14-15)19-9-7-6-8-17(19)23/h6-11,13,15H,4-5,12,14H2,1-3H3,(H,24,28).